The Balaban J connectivity index is 0.000000128. The van der Waals surface area contributed by atoms with E-state index < -0.39 is 0 Å². The molecule has 1 aliphatic rings. The number of fused-ring (bicyclic) bond motifs is 1. The third-order valence-corrected chi connectivity index (χ3v) is 4.20. The highest BCUT2D eigenvalue weighted by molar-refractivity contribution is 7.78. The van der Waals surface area contributed by atoms with Gasteiger partial charge in [-0.2, -0.15) is 0 Å². The maximum absolute atomic E-state index is 4.14. The van der Waals surface area contributed by atoms with E-state index in [4.69, 9.17) is 0 Å². The molecule has 0 unspecified atom stereocenters. The van der Waals surface area contributed by atoms with Crippen molar-refractivity contribution in [2.45, 2.75) is 38.1 Å². The predicted molar refractivity (Wildman–Crippen MR) is 78.6 cm³/mol. The fourth-order valence-corrected chi connectivity index (χ4v) is 2.97. The summed E-state index contributed by atoms with van der Waals surface area (Å²) in [5, 5.41) is 0. The summed E-state index contributed by atoms with van der Waals surface area (Å²) in [7, 11) is 0. The molecule has 1 aliphatic carbocycles. The molecule has 1 aromatic heterocycles. The maximum Gasteiger partial charge on any atom is 0.0812 e. The number of hydrogen-bond donors (Lipinski definition) is 2. The monoisotopic (exact) mass is 266 g/mol. The first kappa shape index (κ1) is 12.9. The first-order valence-corrected chi connectivity index (χ1v) is 7.40. The van der Waals surface area contributed by atoms with Gasteiger partial charge in [-0.25, -0.2) is 4.98 Å². The Bertz CT molecular complexity index is 405. The highest BCUT2D eigenvalue weighted by Crippen LogP contribution is 2.17. The Morgan fingerprint density at radius 3 is 2.59 bits per heavy atom. The van der Waals surface area contributed by atoms with Crippen molar-refractivity contribution < 1.29 is 0 Å². The van der Waals surface area contributed by atoms with Gasteiger partial charge >= 0.3 is 0 Å². The van der Waals surface area contributed by atoms with Crippen LogP contribution in [0.25, 0.3) is 10.2 Å². The van der Waals surface area contributed by atoms with Gasteiger partial charge in [0.15, 0.2) is 0 Å². The molecule has 2 aromatic rings. The van der Waals surface area contributed by atoms with Gasteiger partial charge in [0.25, 0.3) is 0 Å². The second kappa shape index (κ2) is 6.99. The smallest absolute Gasteiger partial charge is 0.0812 e. The fraction of sp³-hybridized carbons (Fsp3) is 0.462. The zero-order valence-corrected chi connectivity index (χ0v) is 11.5. The first-order chi connectivity index (χ1) is 8.40. The Kier molecular flexibility index (Phi) is 5.29. The lowest BCUT2D eigenvalue weighted by molar-refractivity contribution is 0.424. The molecule has 0 radical (unpaired) electrons. The largest absolute Gasteiger partial charge is 0.264 e. The molecule has 1 heterocycles. The van der Waals surface area contributed by atoms with Gasteiger partial charge in [-0.05, 0) is 25.0 Å². The topological polar surface area (TPSA) is 24.9 Å². The van der Waals surface area contributed by atoms with Crippen LogP contribution in [-0.2, 0) is 0 Å². The van der Waals surface area contributed by atoms with Gasteiger partial charge in [-0.15, -0.1) is 11.3 Å². The van der Waals surface area contributed by atoms with Crippen molar-refractivity contribution in [3.63, 3.8) is 0 Å². The summed E-state index contributed by atoms with van der Waals surface area (Å²) in [6.07, 6.45) is 6.84. The van der Waals surface area contributed by atoms with Crippen LogP contribution >= 0.6 is 24.2 Å². The van der Waals surface area contributed by atoms with Gasteiger partial charge in [-0.3, -0.25) is 4.72 Å². The molecule has 92 valence electrons. The van der Waals surface area contributed by atoms with E-state index in [0.717, 1.165) is 5.52 Å². The SMILES string of the molecule is SNC1CCCCC1.c1ccc2scnc2c1. The van der Waals surface area contributed by atoms with E-state index in [1.165, 1.54) is 36.8 Å². The second-order valence-corrected chi connectivity index (χ2v) is 5.43. The van der Waals surface area contributed by atoms with Gasteiger partial charge in [0, 0.05) is 6.04 Å². The molecule has 0 atom stereocenters. The van der Waals surface area contributed by atoms with Gasteiger partial charge in [0.2, 0.25) is 0 Å². The van der Waals surface area contributed by atoms with Crippen molar-refractivity contribution in [2.24, 2.45) is 0 Å². The van der Waals surface area contributed by atoms with Crippen molar-refractivity contribution in [1.82, 2.24) is 9.71 Å². The van der Waals surface area contributed by atoms with Crippen LogP contribution in [0.2, 0.25) is 0 Å². The molecular weight excluding hydrogens is 248 g/mol. The average Bonchev–Trinajstić information content (AvgIpc) is 2.89. The summed E-state index contributed by atoms with van der Waals surface area (Å²) in [6.45, 7) is 0. The average molecular weight is 266 g/mol. The third-order valence-electron chi connectivity index (χ3n) is 3.02. The number of thiazole rings is 1. The Morgan fingerprint density at radius 2 is 1.94 bits per heavy atom. The minimum atomic E-state index is 0.701. The lowest BCUT2D eigenvalue weighted by atomic mass is 9.96. The highest BCUT2D eigenvalue weighted by atomic mass is 32.1. The molecule has 0 aliphatic heterocycles. The molecule has 0 bridgehead atoms. The maximum atomic E-state index is 4.14. The quantitative estimate of drug-likeness (QED) is 0.761. The summed E-state index contributed by atoms with van der Waals surface area (Å²) < 4.78 is 4.26. The molecule has 0 amide bonds. The standard InChI is InChI=1S/C7H5NS.C6H13NS/c1-2-4-7-6(3-1)8-5-9-7;8-7-6-4-2-1-3-5-6/h1-5H;6-8H,1-5H2. The van der Waals surface area contributed by atoms with Crippen LogP contribution in [0.3, 0.4) is 0 Å². The Hall–Kier alpha value is -0.580. The van der Waals surface area contributed by atoms with Crippen LogP contribution in [0.1, 0.15) is 32.1 Å². The van der Waals surface area contributed by atoms with E-state index in [2.05, 4.69) is 28.6 Å². The number of benzene rings is 1. The van der Waals surface area contributed by atoms with E-state index in [9.17, 15) is 0 Å². The van der Waals surface area contributed by atoms with E-state index in [1.54, 1.807) is 11.3 Å². The predicted octanol–water partition coefficient (Wildman–Crippen LogP) is 4.05. The molecule has 1 fully saturated rings. The number of para-hydroxylation sites is 1. The van der Waals surface area contributed by atoms with Crippen LogP contribution < -0.4 is 4.72 Å². The van der Waals surface area contributed by atoms with Crippen molar-refractivity contribution in [3.8, 4) is 0 Å². The van der Waals surface area contributed by atoms with Crippen LogP contribution in [0.15, 0.2) is 29.8 Å². The highest BCUT2D eigenvalue weighted by Gasteiger charge is 2.09. The second-order valence-electron chi connectivity index (χ2n) is 4.28. The summed E-state index contributed by atoms with van der Waals surface area (Å²) in [5.74, 6) is 0. The fourth-order valence-electron chi connectivity index (χ4n) is 2.04. The van der Waals surface area contributed by atoms with E-state index in [1.807, 2.05) is 23.7 Å². The van der Waals surface area contributed by atoms with Gasteiger partial charge in [0.1, 0.15) is 0 Å². The number of nitrogens with one attached hydrogen (secondary N) is 1. The number of hydrogen-bond acceptors (Lipinski definition) is 4. The summed E-state index contributed by atoms with van der Waals surface area (Å²) in [6, 6.07) is 8.83. The molecule has 1 N–H and O–H groups in total. The van der Waals surface area contributed by atoms with Crippen LogP contribution in [0, 0.1) is 0 Å². The molecular formula is C13H18N2S2. The van der Waals surface area contributed by atoms with Crippen LogP contribution in [0.4, 0.5) is 0 Å². The number of rotatable bonds is 1. The Morgan fingerprint density at radius 1 is 1.18 bits per heavy atom. The lowest BCUT2D eigenvalue weighted by Gasteiger charge is -2.19. The van der Waals surface area contributed by atoms with Crippen molar-refractivity contribution >= 4 is 34.4 Å². The molecule has 0 spiro atoms. The van der Waals surface area contributed by atoms with Gasteiger partial charge < -0.3 is 0 Å². The van der Waals surface area contributed by atoms with Crippen LogP contribution in [0.5, 0.6) is 0 Å². The number of nitrogens with zero attached hydrogens (tertiary/aromatic N) is 1. The summed E-state index contributed by atoms with van der Waals surface area (Å²) in [4.78, 5) is 4.14. The molecule has 2 nitrogen and oxygen atoms in total. The molecule has 0 saturated heterocycles. The summed E-state index contributed by atoms with van der Waals surface area (Å²) in [5.41, 5.74) is 2.97. The van der Waals surface area contributed by atoms with Crippen LogP contribution in [-0.4, -0.2) is 11.0 Å². The van der Waals surface area contributed by atoms with Gasteiger partial charge in [0.05, 0.1) is 15.7 Å². The number of thiol groups is 1. The minimum absolute atomic E-state index is 0.701. The van der Waals surface area contributed by atoms with Crippen molar-refractivity contribution in [2.75, 3.05) is 0 Å². The van der Waals surface area contributed by atoms with Crippen molar-refractivity contribution in [3.05, 3.63) is 29.8 Å². The molecule has 1 saturated carbocycles. The van der Waals surface area contributed by atoms with E-state index in [-0.39, 0.29) is 0 Å². The van der Waals surface area contributed by atoms with Gasteiger partial charge in [-0.1, -0.05) is 44.2 Å². The molecule has 4 heteroatoms. The molecule has 17 heavy (non-hydrogen) atoms. The minimum Gasteiger partial charge on any atom is -0.264 e. The normalized spacial score (nSPS) is 16.5. The molecule has 1 aromatic carbocycles. The van der Waals surface area contributed by atoms with E-state index >= 15 is 0 Å². The lowest BCUT2D eigenvalue weighted by Crippen LogP contribution is -2.23. The van der Waals surface area contributed by atoms with Crippen molar-refractivity contribution in [1.29, 1.82) is 0 Å². The molecule has 3 rings (SSSR count). The van der Waals surface area contributed by atoms with E-state index in [0.29, 0.717) is 6.04 Å². The summed E-state index contributed by atoms with van der Waals surface area (Å²) >= 11 is 5.69. The third kappa shape index (κ3) is 3.98. The zero-order valence-electron chi connectivity index (χ0n) is 9.80. The zero-order chi connectivity index (χ0) is 11.9. The first-order valence-electron chi connectivity index (χ1n) is 6.08. The number of aromatic nitrogens is 1. The Labute approximate surface area is 112 Å².